The van der Waals surface area contributed by atoms with E-state index in [1.165, 1.54) is 12.8 Å². The van der Waals surface area contributed by atoms with Gasteiger partial charge in [-0.05, 0) is 32.1 Å². The van der Waals surface area contributed by atoms with Gasteiger partial charge in [0, 0.05) is 6.42 Å². The first kappa shape index (κ1) is 23.1. The van der Waals surface area contributed by atoms with Gasteiger partial charge in [-0.3, -0.25) is 4.79 Å². The Bertz CT molecular complexity index is 456. The lowest BCUT2D eigenvalue weighted by molar-refractivity contribution is -0.136. The molecule has 0 aromatic carbocycles. The molecular formula is C22H34O3. The van der Waals surface area contributed by atoms with Crippen LogP contribution < -0.4 is 0 Å². The monoisotopic (exact) mass is 346 g/mol. The van der Waals surface area contributed by atoms with Gasteiger partial charge in [0.1, 0.15) is 0 Å². The van der Waals surface area contributed by atoms with Crippen molar-refractivity contribution in [3.05, 3.63) is 60.8 Å². The molecule has 0 bridgehead atoms. The van der Waals surface area contributed by atoms with E-state index >= 15 is 0 Å². The first-order valence-corrected chi connectivity index (χ1v) is 9.35. The minimum Gasteiger partial charge on any atom is -0.481 e. The molecule has 3 heteroatoms. The Kier molecular flexibility index (Phi) is 17.1. The molecule has 25 heavy (non-hydrogen) atoms. The first-order chi connectivity index (χ1) is 12.2. The standard InChI is InChI=1S/C22H34O3/c1-2-3-15-18-21(23)19-16-13-11-9-7-5-4-6-8-10-12-14-17-20-22(24)25/h5-8,11-14,16,19,21,23H,2-4,9-10,15,17-18,20H2,1H3,(H,24,25). The molecule has 0 radical (unpaired) electrons. The molecule has 0 heterocycles. The Morgan fingerprint density at radius 3 is 2.08 bits per heavy atom. The lowest BCUT2D eigenvalue weighted by atomic mass is 10.1. The third-order valence-electron chi connectivity index (χ3n) is 3.53. The van der Waals surface area contributed by atoms with Crippen molar-refractivity contribution < 1.29 is 15.0 Å². The van der Waals surface area contributed by atoms with Crippen molar-refractivity contribution in [2.24, 2.45) is 0 Å². The fourth-order valence-corrected chi connectivity index (χ4v) is 2.09. The second-order valence-corrected chi connectivity index (χ2v) is 5.93. The topological polar surface area (TPSA) is 57.5 Å². The number of carboxylic acid groups (broad SMARTS) is 1. The van der Waals surface area contributed by atoms with Crippen LogP contribution >= 0.6 is 0 Å². The molecule has 0 fully saturated rings. The highest BCUT2D eigenvalue weighted by molar-refractivity contribution is 5.66. The number of rotatable bonds is 15. The first-order valence-electron chi connectivity index (χ1n) is 9.35. The van der Waals surface area contributed by atoms with E-state index in [-0.39, 0.29) is 12.5 Å². The summed E-state index contributed by atoms with van der Waals surface area (Å²) in [6.45, 7) is 2.16. The number of aliphatic carboxylic acids is 1. The van der Waals surface area contributed by atoms with E-state index in [9.17, 15) is 9.90 Å². The summed E-state index contributed by atoms with van der Waals surface area (Å²) >= 11 is 0. The van der Waals surface area contributed by atoms with E-state index in [0.717, 1.165) is 32.1 Å². The van der Waals surface area contributed by atoms with Crippen LogP contribution in [0.25, 0.3) is 0 Å². The van der Waals surface area contributed by atoms with Crippen LogP contribution in [0.3, 0.4) is 0 Å². The summed E-state index contributed by atoms with van der Waals surface area (Å²) in [5, 5.41) is 18.2. The van der Waals surface area contributed by atoms with E-state index in [2.05, 4.69) is 37.3 Å². The molecule has 2 N–H and O–H groups in total. The maximum absolute atomic E-state index is 10.3. The van der Waals surface area contributed by atoms with Crippen molar-refractivity contribution in [3.63, 3.8) is 0 Å². The van der Waals surface area contributed by atoms with E-state index < -0.39 is 5.97 Å². The average molecular weight is 347 g/mol. The molecule has 0 aromatic heterocycles. The molecule has 0 aliphatic rings. The van der Waals surface area contributed by atoms with Gasteiger partial charge in [-0.2, -0.15) is 0 Å². The molecule has 0 saturated heterocycles. The van der Waals surface area contributed by atoms with Gasteiger partial charge in [-0.25, -0.2) is 0 Å². The third-order valence-corrected chi connectivity index (χ3v) is 3.53. The molecule has 0 amide bonds. The number of unbranched alkanes of at least 4 members (excludes halogenated alkanes) is 2. The number of aliphatic hydroxyl groups is 1. The Hall–Kier alpha value is -1.87. The molecule has 1 atom stereocenters. The minimum atomic E-state index is -0.752. The van der Waals surface area contributed by atoms with Crippen LogP contribution in [0, 0.1) is 0 Å². The lowest BCUT2D eigenvalue weighted by Gasteiger charge is -2.02. The molecule has 0 spiro atoms. The number of hydrogen-bond donors (Lipinski definition) is 2. The van der Waals surface area contributed by atoms with Crippen LogP contribution in [-0.4, -0.2) is 22.3 Å². The Morgan fingerprint density at radius 2 is 1.48 bits per heavy atom. The molecule has 0 aliphatic heterocycles. The highest BCUT2D eigenvalue weighted by Gasteiger charge is 1.96. The van der Waals surface area contributed by atoms with Crippen LogP contribution in [0.1, 0.15) is 64.7 Å². The van der Waals surface area contributed by atoms with Crippen molar-refractivity contribution in [1.82, 2.24) is 0 Å². The fourth-order valence-electron chi connectivity index (χ4n) is 2.09. The predicted octanol–water partition coefficient (Wildman–Crippen LogP) is 5.74. The van der Waals surface area contributed by atoms with E-state index in [4.69, 9.17) is 5.11 Å². The largest absolute Gasteiger partial charge is 0.481 e. The van der Waals surface area contributed by atoms with Crippen molar-refractivity contribution in [3.8, 4) is 0 Å². The van der Waals surface area contributed by atoms with Crippen LogP contribution in [0.5, 0.6) is 0 Å². The second kappa shape index (κ2) is 18.5. The van der Waals surface area contributed by atoms with Gasteiger partial charge in [0.15, 0.2) is 0 Å². The van der Waals surface area contributed by atoms with Gasteiger partial charge in [-0.15, -0.1) is 0 Å². The molecular weight excluding hydrogens is 312 g/mol. The quantitative estimate of drug-likeness (QED) is 0.226. The summed E-state index contributed by atoms with van der Waals surface area (Å²) in [7, 11) is 0. The second-order valence-electron chi connectivity index (χ2n) is 5.93. The number of allylic oxidation sites excluding steroid dienone is 9. The zero-order valence-corrected chi connectivity index (χ0v) is 15.5. The zero-order chi connectivity index (χ0) is 18.6. The minimum absolute atomic E-state index is 0.198. The van der Waals surface area contributed by atoms with Gasteiger partial charge in [0.2, 0.25) is 0 Å². The fraction of sp³-hybridized carbons (Fsp3) is 0.500. The van der Waals surface area contributed by atoms with Gasteiger partial charge in [0.05, 0.1) is 6.10 Å². The normalized spacial score (nSPS) is 14.0. The molecule has 0 rings (SSSR count). The smallest absolute Gasteiger partial charge is 0.303 e. The molecule has 0 aromatic rings. The molecule has 0 saturated carbocycles. The summed E-state index contributed by atoms with van der Waals surface area (Å²) in [5.74, 6) is -0.752. The number of carboxylic acids is 1. The van der Waals surface area contributed by atoms with Crippen LogP contribution in [0.4, 0.5) is 0 Å². The SMILES string of the molecule is CCCCCC(O)C=CC=CCC=CCC=CCC=CCCC(=O)O. The van der Waals surface area contributed by atoms with Crippen molar-refractivity contribution in [2.75, 3.05) is 0 Å². The highest BCUT2D eigenvalue weighted by atomic mass is 16.4. The Morgan fingerprint density at radius 1 is 0.880 bits per heavy atom. The molecule has 140 valence electrons. The van der Waals surface area contributed by atoms with E-state index in [1.54, 1.807) is 0 Å². The summed E-state index contributed by atoms with van der Waals surface area (Å²) < 4.78 is 0. The van der Waals surface area contributed by atoms with Crippen LogP contribution in [0.15, 0.2) is 60.8 Å². The highest BCUT2D eigenvalue weighted by Crippen LogP contribution is 2.04. The molecule has 1 unspecified atom stereocenters. The van der Waals surface area contributed by atoms with Gasteiger partial charge in [-0.1, -0.05) is 86.9 Å². The maximum Gasteiger partial charge on any atom is 0.303 e. The van der Waals surface area contributed by atoms with Gasteiger partial charge < -0.3 is 10.2 Å². The lowest BCUT2D eigenvalue weighted by Crippen LogP contribution is -2.00. The zero-order valence-electron chi connectivity index (χ0n) is 15.5. The molecule has 0 aliphatic carbocycles. The summed E-state index contributed by atoms with van der Waals surface area (Å²) in [6.07, 6.45) is 27.6. The van der Waals surface area contributed by atoms with E-state index in [0.29, 0.717) is 6.42 Å². The number of aliphatic hydroxyl groups excluding tert-OH is 1. The summed E-state index contributed by atoms with van der Waals surface area (Å²) in [5.41, 5.74) is 0. The number of carbonyl (C=O) groups is 1. The van der Waals surface area contributed by atoms with Gasteiger partial charge >= 0.3 is 5.97 Å². The molecule has 3 nitrogen and oxygen atoms in total. The van der Waals surface area contributed by atoms with Crippen LogP contribution in [0.2, 0.25) is 0 Å². The van der Waals surface area contributed by atoms with Crippen molar-refractivity contribution in [2.45, 2.75) is 70.8 Å². The summed E-state index contributed by atoms with van der Waals surface area (Å²) in [4.78, 5) is 10.3. The third kappa shape index (κ3) is 20.1. The van der Waals surface area contributed by atoms with E-state index in [1.807, 2.05) is 30.4 Å². The number of hydrogen-bond acceptors (Lipinski definition) is 2. The average Bonchev–Trinajstić information content (AvgIpc) is 2.58. The Labute approximate surface area is 153 Å². The summed E-state index contributed by atoms with van der Waals surface area (Å²) in [6, 6.07) is 0. The van der Waals surface area contributed by atoms with Crippen LogP contribution in [-0.2, 0) is 4.79 Å². The maximum atomic E-state index is 10.3. The van der Waals surface area contributed by atoms with Crippen molar-refractivity contribution in [1.29, 1.82) is 0 Å². The Balaban J connectivity index is 3.61. The van der Waals surface area contributed by atoms with Gasteiger partial charge in [0.25, 0.3) is 0 Å². The predicted molar refractivity (Wildman–Crippen MR) is 107 cm³/mol. The van der Waals surface area contributed by atoms with Crippen molar-refractivity contribution >= 4 is 5.97 Å².